The highest BCUT2D eigenvalue weighted by molar-refractivity contribution is 5.80. The molecule has 0 saturated heterocycles. The summed E-state index contributed by atoms with van der Waals surface area (Å²) in [5, 5.41) is 33.0. The van der Waals surface area contributed by atoms with E-state index in [9.17, 15) is 10.4 Å². The molecule has 1 rings (SSSR count). The molecule has 8 heteroatoms. The van der Waals surface area contributed by atoms with Crippen LogP contribution in [0.4, 0.5) is 0 Å². The van der Waals surface area contributed by atoms with Gasteiger partial charge in [0.05, 0.1) is 0 Å². The van der Waals surface area contributed by atoms with Crippen LogP contribution >= 0.6 is 0 Å². The second-order valence-electron chi connectivity index (χ2n) is 1.02. The number of rotatable bonds is 1. The molecule has 0 aliphatic carbocycles. The molecule has 1 heterocycles. The average molecular weight is 128 g/mol. The Kier molecular flexibility index (Phi) is 1.42. The number of hydrogen-bond acceptors (Lipinski definition) is 6. The SMILES string of the molecule is [O-]N([O-])N=C1N=NN=N1. The maximum atomic E-state index is 9.57. The predicted molar refractivity (Wildman–Crippen MR) is 25.7 cm³/mol. The summed E-state index contributed by atoms with van der Waals surface area (Å²) in [6.45, 7) is 0. The van der Waals surface area contributed by atoms with Gasteiger partial charge in [0.1, 0.15) is 0 Å². The van der Waals surface area contributed by atoms with Gasteiger partial charge in [-0.05, 0) is 10.4 Å². The summed E-state index contributed by atoms with van der Waals surface area (Å²) in [5.41, 5.74) is 0. The topological polar surface area (TPSA) is 111 Å². The summed E-state index contributed by atoms with van der Waals surface area (Å²) in [6.07, 6.45) is 0. The summed E-state index contributed by atoms with van der Waals surface area (Å²) in [7, 11) is 0. The predicted octanol–water partition coefficient (Wildman–Crippen LogP) is 0.388. The van der Waals surface area contributed by atoms with Crippen LogP contribution in [0.1, 0.15) is 0 Å². The van der Waals surface area contributed by atoms with E-state index in [0.717, 1.165) is 0 Å². The lowest BCUT2D eigenvalue weighted by Crippen LogP contribution is -1.99. The second kappa shape index (κ2) is 2.24. The van der Waals surface area contributed by atoms with E-state index in [0.29, 0.717) is 0 Å². The molecule has 0 spiro atoms. The molecule has 1 aliphatic rings. The molecule has 8 nitrogen and oxygen atoms in total. The Hall–Kier alpha value is -1.41. The number of nitrogens with zero attached hydrogens (tertiary/aromatic N) is 6. The van der Waals surface area contributed by atoms with Gasteiger partial charge in [-0.25, -0.2) is 0 Å². The van der Waals surface area contributed by atoms with Gasteiger partial charge in [0.25, 0.3) is 0 Å². The van der Waals surface area contributed by atoms with E-state index >= 15 is 0 Å². The zero-order chi connectivity index (χ0) is 6.69. The summed E-state index contributed by atoms with van der Waals surface area (Å²) < 4.78 is 0. The molecule has 0 aromatic heterocycles. The molecule has 0 aromatic rings. The molecule has 0 amide bonds. The largest absolute Gasteiger partial charge is 0.753 e. The first-order chi connectivity index (χ1) is 4.29. The van der Waals surface area contributed by atoms with Crippen molar-refractivity contribution in [2.24, 2.45) is 25.8 Å². The lowest BCUT2D eigenvalue weighted by molar-refractivity contribution is 0.550. The molecular formula is CN6O2-2. The Bertz CT molecular complexity index is 165. The zero-order valence-corrected chi connectivity index (χ0v) is 4.00. The van der Waals surface area contributed by atoms with E-state index < -0.39 is 5.34 Å². The molecule has 0 radical (unpaired) electrons. The van der Waals surface area contributed by atoms with Crippen LogP contribution in [0.25, 0.3) is 0 Å². The van der Waals surface area contributed by atoms with Crippen LogP contribution in [0, 0.1) is 10.4 Å². The highest BCUT2D eigenvalue weighted by Gasteiger charge is 1.96. The minimum Gasteiger partial charge on any atom is -0.753 e. The molecule has 9 heavy (non-hydrogen) atoms. The van der Waals surface area contributed by atoms with E-state index in [1.54, 1.807) is 0 Å². The standard InChI is InChI=1S/CN6O2/c8-7(9)4-1-2-5-6-3-1/q-2. The lowest BCUT2D eigenvalue weighted by Gasteiger charge is -2.29. The van der Waals surface area contributed by atoms with Gasteiger partial charge in [-0.3, -0.25) is 0 Å². The fourth-order valence-electron chi connectivity index (χ4n) is 0.253. The molecule has 0 fully saturated rings. The quantitative estimate of drug-likeness (QED) is 0.476. The van der Waals surface area contributed by atoms with Crippen molar-refractivity contribution in [3.05, 3.63) is 10.4 Å². The third kappa shape index (κ3) is 1.51. The van der Waals surface area contributed by atoms with Crippen LogP contribution in [0.3, 0.4) is 0 Å². The average Bonchev–Trinajstić information content (AvgIpc) is 2.15. The van der Waals surface area contributed by atoms with Crippen molar-refractivity contribution in [3.63, 3.8) is 0 Å². The number of hydrazone groups is 1. The van der Waals surface area contributed by atoms with Crippen LogP contribution in [0.5, 0.6) is 0 Å². The minimum absolute atomic E-state index is 0.333. The molecule has 0 atom stereocenters. The van der Waals surface area contributed by atoms with Crippen LogP contribution in [0.15, 0.2) is 25.8 Å². The van der Waals surface area contributed by atoms with Crippen molar-refractivity contribution < 1.29 is 0 Å². The van der Waals surface area contributed by atoms with Crippen molar-refractivity contribution in [2.45, 2.75) is 0 Å². The molecule has 0 bridgehead atoms. The second-order valence-corrected chi connectivity index (χ2v) is 1.02. The normalized spacial score (nSPS) is 14.7. The van der Waals surface area contributed by atoms with E-state index in [1.807, 2.05) is 0 Å². The molecule has 0 N–H and O–H groups in total. The summed E-state index contributed by atoms with van der Waals surface area (Å²) in [5.74, 6) is -0.333. The van der Waals surface area contributed by atoms with E-state index in [1.165, 1.54) is 0 Å². The maximum Gasteiger partial charge on any atom is 0.306 e. The molecule has 48 valence electrons. The lowest BCUT2D eigenvalue weighted by atomic mass is 11.1. The Morgan fingerprint density at radius 2 is 1.78 bits per heavy atom. The smallest absolute Gasteiger partial charge is 0.306 e. The monoisotopic (exact) mass is 128 g/mol. The van der Waals surface area contributed by atoms with Gasteiger partial charge in [0.15, 0.2) is 0 Å². The van der Waals surface area contributed by atoms with Gasteiger partial charge in [0, 0.05) is 0 Å². The van der Waals surface area contributed by atoms with Crippen molar-refractivity contribution in [1.29, 1.82) is 0 Å². The van der Waals surface area contributed by atoms with Crippen LogP contribution < -0.4 is 0 Å². The van der Waals surface area contributed by atoms with Gasteiger partial charge in [-0.1, -0.05) is 10.2 Å². The van der Waals surface area contributed by atoms with Crippen molar-refractivity contribution in [1.82, 2.24) is 5.34 Å². The fraction of sp³-hybridized carbons (Fsp3) is 0. The first kappa shape index (κ1) is 5.72. The first-order valence-corrected chi connectivity index (χ1v) is 1.84. The van der Waals surface area contributed by atoms with Crippen molar-refractivity contribution >= 4 is 5.96 Å². The third-order valence-electron chi connectivity index (χ3n) is 0.479. The van der Waals surface area contributed by atoms with Crippen LogP contribution in [0.2, 0.25) is 0 Å². The summed E-state index contributed by atoms with van der Waals surface area (Å²) in [4.78, 5) is 0. The molecule has 0 aromatic carbocycles. The first-order valence-electron chi connectivity index (χ1n) is 1.84. The Labute approximate surface area is 48.7 Å². The summed E-state index contributed by atoms with van der Waals surface area (Å²) >= 11 is 0. The van der Waals surface area contributed by atoms with Crippen LogP contribution in [-0.4, -0.2) is 11.3 Å². The van der Waals surface area contributed by atoms with Gasteiger partial charge in [-0.2, -0.15) is 5.10 Å². The van der Waals surface area contributed by atoms with E-state index in [2.05, 4.69) is 25.8 Å². The number of hydrogen-bond donors (Lipinski definition) is 0. The van der Waals surface area contributed by atoms with Crippen LogP contribution in [-0.2, 0) is 0 Å². The molecular weight excluding hydrogens is 128 g/mol. The van der Waals surface area contributed by atoms with Gasteiger partial charge >= 0.3 is 5.96 Å². The van der Waals surface area contributed by atoms with E-state index in [-0.39, 0.29) is 5.96 Å². The van der Waals surface area contributed by atoms with Gasteiger partial charge in [-0.15, -0.1) is 0 Å². The van der Waals surface area contributed by atoms with E-state index in [4.69, 9.17) is 0 Å². The fourth-order valence-corrected chi connectivity index (χ4v) is 0.253. The Balaban J connectivity index is 2.62. The Morgan fingerprint density at radius 3 is 2.22 bits per heavy atom. The molecule has 0 unspecified atom stereocenters. The Morgan fingerprint density at radius 1 is 1.22 bits per heavy atom. The van der Waals surface area contributed by atoms with Crippen molar-refractivity contribution in [3.8, 4) is 0 Å². The maximum absolute atomic E-state index is 9.57. The zero-order valence-electron chi connectivity index (χ0n) is 4.00. The molecule has 0 saturated carbocycles. The highest BCUT2D eigenvalue weighted by atomic mass is 16.8. The highest BCUT2D eigenvalue weighted by Crippen LogP contribution is 1.97. The minimum atomic E-state index is -0.918. The van der Waals surface area contributed by atoms with Crippen molar-refractivity contribution in [2.75, 3.05) is 0 Å². The van der Waals surface area contributed by atoms with Gasteiger partial charge < -0.3 is 15.8 Å². The summed E-state index contributed by atoms with van der Waals surface area (Å²) in [6, 6.07) is 0. The number of guanidine groups is 1. The molecule has 1 aliphatic heterocycles. The van der Waals surface area contributed by atoms with Gasteiger partial charge in [0.2, 0.25) is 0 Å². The third-order valence-corrected chi connectivity index (χ3v) is 0.479.